The van der Waals surface area contributed by atoms with Crippen molar-refractivity contribution in [2.75, 3.05) is 11.1 Å². The molecule has 0 unspecified atom stereocenters. The zero-order valence-corrected chi connectivity index (χ0v) is 10.1. The Labute approximate surface area is 110 Å². The summed E-state index contributed by atoms with van der Waals surface area (Å²) in [4.78, 5) is 8.53. The third kappa shape index (κ3) is 2.55. The van der Waals surface area contributed by atoms with Crippen LogP contribution in [0.1, 0.15) is 0 Å². The molecule has 3 rings (SSSR count). The van der Waals surface area contributed by atoms with Gasteiger partial charge in [0, 0.05) is 11.8 Å². The van der Waals surface area contributed by atoms with Gasteiger partial charge in [0.2, 0.25) is 5.95 Å². The second-order valence-electron chi connectivity index (χ2n) is 3.97. The quantitative estimate of drug-likeness (QED) is 0.749. The van der Waals surface area contributed by atoms with E-state index in [2.05, 4.69) is 15.3 Å². The first-order chi connectivity index (χ1) is 9.31. The molecule has 2 aromatic heterocycles. The number of nitrogens with one attached hydrogen (secondary N) is 1. The number of rotatable bonds is 3. The van der Waals surface area contributed by atoms with E-state index in [1.807, 2.05) is 36.4 Å². The smallest absolute Gasteiger partial charge is 0.229 e. The van der Waals surface area contributed by atoms with Gasteiger partial charge < -0.3 is 15.5 Å². The molecule has 0 amide bonds. The van der Waals surface area contributed by atoms with Crippen LogP contribution in [-0.2, 0) is 0 Å². The Balaban J connectivity index is 1.94. The normalized spacial score (nSPS) is 10.3. The van der Waals surface area contributed by atoms with E-state index in [-0.39, 0.29) is 0 Å². The molecular weight excluding hydrogens is 240 g/mol. The number of anilines is 3. The van der Waals surface area contributed by atoms with Gasteiger partial charge in [-0.25, -0.2) is 4.98 Å². The number of benzene rings is 1. The van der Waals surface area contributed by atoms with Crippen LogP contribution >= 0.6 is 0 Å². The highest BCUT2D eigenvalue weighted by atomic mass is 16.3. The maximum Gasteiger partial charge on any atom is 0.229 e. The fourth-order valence-electron chi connectivity index (χ4n) is 1.72. The molecule has 0 bridgehead atoms. The van der Waals surface area contributed by atoms with Gasteiger partial charge in [-0.05, 0) is 24.3 Å². The van der Waals surface area contributed by atoms with Crippen LogP contribution in [0.2, 0.25) is 0 Å². The van der Waals surface area contributed by atoms with Crippen LogP contribution in [0.25, 0.3) is 11.5 Å². The number of aromatic nitrogens is 2. The summed E-state index contributed by atoms with van der Waals surface area (Å²) >= 11 is 0. The standard InChI is InChI=1S/C14H12N4O/c15-13-9-11(12-7-4-8-19-12)17-14(18-13)16-10-5-2-1-3-6-10/h1-9H,(H3,15,16,17,18). The topological polar surface area (TPSA) is 77.0 Å². The summed E-state index contributed by atoms with van der Waals surface area (Å²) in [5, 5.41) is 3.10. The summed E-state index contributed by atoms with van der Waals surface area (Å²) in [6.45, 7) is 0. The van der Waals surface area contributed by atoms with Gasteiger partial charge in [-0.3, -0.25) is 0 Å². The number of hydrogen-bond acceptors (Lipinski definition) is 5. The van der Waals surface area contributed by atoms with Crippen LogP contribution in [0, 0.1) is 0 Å². The predicted octanol–water partition coefficient (Wildman–Crippen LogP) is 3.06. The second-order valence-corrected chi connectivity index (χ2v) is 3.97. The molecule has 0 saturated heterocycles. The summed E-state index contributed by atoms with van der Waals surface area (Å²) < 4.78 is 5.31. The van der Waals surface area contributed by atoms with Crippen LogP contribution in [0.5, 0.6) is 0 Å². The van der Waals surface area contributed by atoms with Crippen LogP contribution in [0.3, 0.4) is 0 Å². The zero-order valence-electron chi connectivity index (χ0n) is 10.1. The minimum absolute atomic E-state index is 0.389. The summed E-state index contributed by atoms with van der Waals surface area (Å²) in [5.74, 6) is 1.49. The Hall–Kier alpha value is -2.82. The van der Waals surface area contributed by atoms with E-state index >= 15 is 0 Å². The fraction of sp³-hybridized carbons (Fsp3) is 0. The number of para-hydroxylation sites is 1. The fourth-order valence-corrected chi connectivity index (χ4v) is 1.72. The molecule has 0 spiro atoms. The highest BCUT2D eigenvalue weighted by Gasteiger charge is 2.07. The first kappa shape index (κ1) is 11.3. The van der Waals surface area contributed by atoms with Gasteiger partial charge in [-0.2, -0.15) is 4.98 Å². The van der Waals surface area contributed by atoms with E-state index in [0.717, 1.165) is 5.69 Å². The van der Waals surface area contributed by atoms with Gasteiger partial charge in [-0.15, -0.1) is 0 Å². The minimum atomic E-state index is 0.389. The molecular formula is C14H12N4O. The van der Waals surface area contributed by atoms with Crippen LogP contribution in [-0.4, -0.2) is 9.97 Å². The molecule has 1 aromatic carbocycles. The molecule has 94 valence electrons. The molecule has 0 aliphatic carbocycles. The van der Waals surface area contributed by atoms with E-state index < -0.39 is 0 Å². The third-order valence-electron chi connectivity index (χ3n) is 2.55. The number of nitrogens with two attached hydrogens (primary N) is 1. The van der Waals surface area contributed by atoms with Crippen molar-refractivity contribution in [3.8, 4) is 11.5 Å². The summed E-state index contributed by atoms with van der Waals surface area (Å²) in [5.41, 5.74) is 7.34. The number of furan rings is 1. The molecule has 0 radical (unpaired) electrons. The predicted molar refractivity (Wildman–Crippen MR) is 73.9 cm³/mol. The molecule has 2 heterocycles. The molecule has 3 N–H and O–H groups in total. The highest BCUT2D eigenvalue weighted by Crippen LogP contribution is 2.22. The van der Waals surface area contributed by atoms with E-state index in [9.17, 15) is 0 Å². The van der Waals surface area contributed by atoms with Crippen molar-refractivity contribution >= 4 is 17.5 Å². The van der Waals surface area contributed by atoms with Crippen LogP contribution in [0.15, 0.2) is 59.2 Å². The van der Waals surface area contributed by atoms with E-state index in [1.54, 1.807) is 18.4 Å². The Morgan fingerprint density at radius 3 is 2.58 bits per heavy atom. The molecule has 5 heteroatoms. The van der Waals surface area contributed by atoms with Gasteiger partial charge in [0.05, 0.1) is 6.26 Å². The monoisotopic (exact) mass is 252 g/mol. The molecule has 3 aromatic rings. The van der Waals surface area contributed by atoms with E-state index in [4.69, 9.17) is 10.2 Å². The van der Waals surface area contributed by atoms with Gasteiger partial charge in [0.1, 0.15) is 11.5 Å². The van der Waals surface area contributed by atoms with Gasteiger partial charge >= 0.3 is 0 Å². The average molecular weight is 252 g/mol. The number of hydrogen-bond donors (Lipinski definition) is 2. The molecule has 19 heavy (non-hydrogen) atoms. The Bertz CT molecular complexity index is 665. The average Bonchev–Trinajstić information content (AvgIpc) is 2.93. The first-order valence-corrected chi connectivity index (χ1v) is 5.82. The van der Waals surface area contributed by atoms with E-state index in [1.165, 1.54) is 0 Å². The second kappa shape index (κ2) is 4.81. The lowest BCUT2D eigenvalue weighted by atomic mass is 10.3. The largest absolute Gasteiger partial charge is 0.463 e. The molecule has 0 fully saturated rings. The van der Waals surface area contributed by atoms with Crippen molar-refractivity contribution in [2.45, 2.75) is 0 Å². The summed E-state index contributed by atoms with van der Waals surface area (Å²) in [6, 6.07) is 15.0. The van der Waals surface area contributed by atoms with Gasteiger partial charge in [0.15, 0.2) is 5.76 Å². The lowest BCUT2D eigenvalue weighted by Gasteiger charge is -2.06. The van der Waals surface area contributed by atoms with Crippen molar-refractivity contribution in [3.63, 3.8) is 0 Å². The maximum atomic E-state index is 5.79. The molecule has 0 aliphatic rings. The van der Waals surface area contributed by atoms with Gasteiger partial charge in [-0.1, -0.05) is 18.2 Å². The Morgan fingerprint density at radius 2 is 1.84 bits per heavy atom. The Morgan fingerprint density at radius 1 is 1.00 bits per heavy atom. The van der Waals surface area contributed by atoms with Crippen molar-refractivity contribution in [2.24, 2.45) is 0 Å². The van der Waals surface area contributed by atoms with Gasteiger partial charge in [0.25, 0.3) is 0 Å². The third-order valence-corrected chi connectivity index (χ3v) is 2.55. The number of nitrogen functional groups attached to an aromatic ring is 1. The summed E-state index contributed by atoms with van der Waals surface area (Å²) in [6.07, 6.45) is 1.60. The zero-order chi connectivity index (χ0) is 13.1. The maximum absolute atomic E-state index is 5.79. The van der Waals surface area contributed by atoms with Crippen molar-refractivity contribution in [1.29, 1.82) is 0 Å². The van der Waals surface area contributed by atoms with Crippen LogP contribution < -0.4 is 11.1 Å². The first-order valence-electron chi connectivity index (χ1n) is 5.82. The number of nitrogens with zero attached hydrogens (tertiary/aromatic N) is 2. The molecule has 0 atom stereocenters. The van der Waals surface area contributed by atoms with Crippen LogP contribution in [0.4, 0.5) is 17.5 Å². The van der Waals surface area contributed by atoms with Crippen molar-refractivity contribution in [1.82, 2.24) is 9.97 Å². The SMILES string of the molecule is Nc1cc(-c2ccco2)nc(Nc2ccccc2)n1. The lowest BCUT2D eigenvalue weighted by molar-refractivity contribution is 0.580. The lowest BCUT2D eigenvalue weighted by Crippen LogP contribution is -2.01. The molecule has 0 aliphatic heterocycles. The minimum Gasteiger partial charge on any atom is -0.463 e. The molecule has 0 saturated carbocycles. The van der Waals surface area contributed by atoms with E-state index in [0.29, 0.717) is 23.2 Å². The summed E-state index contributed by atoms with van der Waals surface area (Å²) in [7, 11) is 0. The molecule has 5 nitrogen and oxygen atoms in total. The highest BCUT2D eigenvalue weighted by molar-refractivity contribution is 5.61. The van der Waals surface area contributed by atoms with Crippen molar-refractivity contribution < 1.29 is 4.42 Å². The Kier molecular flexibility index (Phi) is 2.86. The van der Waals surface area contributed by atoms with Crippen molar-refractivity contribution in [3.05, 3.63) is 54.8 Å².